The number of aryl methyl sites for hydroxylation is 1. The van der Waals surface area contributed by atoms with Crippen molar-refractivity contribution in [1.29, 1.82) is 0 Å². The van der Waals surface area contributed by atoms with Gasteiger partial charge in [0.15, 0.2) is 0 Å². The number of aldehydes is 1. The molecule has 45 heavy (non-hydrogen) atoms. The second-order valence-electron chi connectivity index (χ2n) is 11.1. The molecule has 7 nitrogen and oxygen atoms in total. The Morgan fingerprint density at radius 3 is 2.29 bits per heavy atom. The molecular formula is C36H52FN4O3P. The highest BCUT2D eigenvalue weighted by atomic mass is 31.0. The zero-order valence-electron chi connectivity index (χ0n) is 27.6. The molecule has 0 saturated carbocycles. The van der Waals surface area contributed by atoms with E-state index in [1.54, 1.807) is 42.5 Å². The van der Waals surface area contributed by atoms with Gasteiger partial charge in [-0.15, -0.1) is 9.24 Å². The second-order valence-corrected chi connectivity index (χ2v) is 11.8. The zero-order valence-corrected chi connectivity index (χ0v) is 28.8. The number of benzene rings is 2. The lowest BCUT2D eigenvalue weighted by Gasteiger charge is -2.22. The molecule has 0 bridgehead atoms. The molecular weight excluding hydrogens is 586 g/mol. The summed E-state index contributed by atoms with van der Waals surface area (Å²) in [5, 5.41) is 7.11. The standard InChI is InChI=1S/C15H24FN3O.C14H19NO2.C7H9P/c1-10(9-14(17)11(2)18-3)15(20)19-13-6-4-5-12(16)7-8-13;1-3-8-15(9-4-2)14(17)13-7-5-6-12(10-13)11-16;1-6-3-2-4-7(8)5-6/h4-8,10-12,14,18H,9,17H2,1-3H3,(H,19,20);5-7,10-11H,3-4,8-9H2,1-2H3;2-5H,8H2,1H3. The van der Waals surface area contributed by atoms with Gasteiger partial charge in [0.1, 0.15) is 12.5 Å². The van der Waals surface area contributed by atoms with E-state index in [4.69, 9.17) is 5.73 Å². The van der Waals surface area contributed by atoms with Crippen LogP contribution < -0.4 is 21.7 Å². The van der Waals surface area contributed by atoms with Crippen LogP contribution in [-0.4, -0.2) is 61.4 Å². The third-order valence-corrected chi connectivity index (χ3v) is 7.41. The highest BCUT2D eigenvalue weighted by molar-refractivity contribution is 7.27. The molecule has 0 fully saturated rings. The molecule has 0 saturated heterocycles. The number of nitrogens with one attached hydrogen (secondary N) is 2. The van der Waals surface area contributed by atoms with Crippen molar-refractivity contribution < 1.29 is 18.8 Å². The largest absolute Gasteiger partial charge is 0.339 e. The highest BCUT2D eigenvalue weighted by Gasteiger charge is 2.20. The Balaban J connectivity index is 0.000000365. The topological polar surface area (TPSA) is 105 Å². The summed E-state index contributed by atoms with van der Waals surface area (Å²) in [6.45, 7) is 11.5. The van der Waals surface area contributed by atoms with E-state index in [2.05, 4.69) is 64.9 Å². The number of halogens is 1. The van der Waals surface area contributed by atoms with E-state index in [-0.39, 0.29) is 29.8 Å². The highest BCUT2D eigenvalue weighted by Crippen LogP contribution is 2.11. The van der Waals surface area contributed by atoms with Crippen LogP contribution in [0.3, 0.4) is 0 Å². The van der Waals surface area contributed by atoms with Crippen LogP contribution in [0.2, 0.25) is 0 Å². The first kappa shape index (κ1) is 39.6. The van der Waals surface area contributed by atoms with Crippen LogP contribution in [0, 0.1) is 12.8 Å². The van der Waals surface area contributed by atoms with E-state index in [1.807, 2.05) is 25.8 Å². The van der Waals surface area contributed by atoms with Crippen LogP contribution in [0.15, 0.2) is 84.6 Å². The summed E-state index contributed by atoms with van der Waals surface area (Å²) < 4.78 is 13.1. The van der Waals surface area contributed by atoms with Crippen LogP contribution >= 0.6 is 9.24 Å². The molecule has 0 spiro atoms. The molecule has 0 aromatic heterocycles. The van der Waals surface area contributed by atoms with Crippen molar-refractivity contribution in [2.75, 3.05) is 20.1 Å². The maximum absolute atomic E-state index is 13.1. The molecule has 2 amide bonds. The molecule has 5 atom stereocenters. The lowest BCUT2D eigenvalue weighted by atomic mass is 9.97. The van der Waals surface area contributed by atoms with Crippen molar-refractivity contribution in [3.05, 3.63) is 101 Å². The van der Waals surface area contributed by atoms with Gasteiger partial charge in [0.05, 0.1) is 0 Å². The Bertz CT molecular complexity index is 1270. The number of hydrogen-bond acceptors (Lipinski definition) is 5. The summed E-state index contributed by atoms with van der Waals surface area (Å²) in [6.07, 6.45) is 9.80. The molecule has 246 valence electrons. The molecule has 0 aliphatic heterocycles. The fourth-order valence-electron chi connectivity index (χ4n) is 4.32. The first-order valence-electron chi connectivity index (χ1n) is 15.6. The van der Waals surface area contributed by atoms with Crippen molar-refractivity contribution in [1.82, 2.24) is 15.5 Å². The number of nitrogens with two attached hydrogens (primary N) is 1. The number of hydrogen-bond donors (Lipinski definition) is 3. The molecule has 5 unspecified atom stereocenters. The molecule has 4 N–H and O–H groups in total. The minimum atomic E-state index is -1.11. The third kappa shape index (κ3) is 15.9. The van der Waals surface area contributed by atoms with Gasteiger partial charge >= 0.3 is 0 Å². The van der Waals surface area contributed by atoms with Crippen molar-refractivity contribution in [2.24, 2.45) is 11.7 Å². The number of likely N-dealkylation sites (N-methyl/N-ethyl adjacent to an activating group) is 1. The van der Waals surface area contributed by atoms with Crippen molar-refractivity contribution in [3.8, 4) is 0 Å². The Kier molecular flexibility index (Phi) is 19.5. The van der Waals surface area contributed by atoms with E-state index in [1.165, 1.54) is 23.0 Å². The predicted molar refractivity (Wildman–Crippen MR) is 189 cm³/mol. The van der Waals surface area contributed by atoms with Gasteiger partial charge in [-0.2, -0.15) is 0 Å². The van der Waals surface area contributed by atoms with E-state index in [9.17, 15) is 18.8 Å². The van der Waals surface area contributed by atoms with Crippen LogP contribution in [0.4, 0.5) is 4.39 Å². The van der Waals surface area contributed by atoms with Crippen molar-refractivity contribution in [2.45, 2.75) is 72.1 Å². The molecule has 2 aromatic rings. The lowest BCUT2D eigenvalue weighted by Crippen LogP contribution is -2.44. The number of rotatable bonds is 12. The molecule has 0 radical (unpaired) electrons. The van der Waals surface area contributed by atoms with E-state index < -0.39 is 6.17 Å². The predicted octanol–water partition coefficient (Wildman–Crippen LogP) is 5.67. The average Bonchev–Trinajstić information content (AvgIpc) is 3.23. The quantitative estimate of drug-likeness (QED) is 0.205. The number of carbonyl (C=O) groups excluding carboxylic acids is 3. The summed E-state index contributed by atoms with van der Waals surface area (Å²) in [7, 11) is 4.51. The van der Waals surface area contributed by atoms with Crippen molar-refractivity contribution >= 4 is 32.6 Å². The maximum atomic E-state index is 13.1. The van der Waals surface area contributed by atoms with Gasteiger partial charge in [-0.05, 0) is 81.9 Å². The second kappa shape index (κ2) is 22.1. The molecule has 1 aliphatic carbocycles. The van der Waals surface area contributed by atoms with Gasteiger partial charge in [0.2, 0.25) is 5.91 Å². The fourth-order valence-corrected chi connectivity index (χ4v) is 4.69. The van der Waals surface area contributed by atoms with Gasteiger partial charge in [0.25, 0.3) is 5.91 Å². The summed E-state index contributed by atoms with van der Waals surface area (Å²) in [5.74, 6) is -0.300. The van der Waals surface area contributed by atoms with Crippen LogP contribution in [0.25, 0.3) is 0 Å². The minimum absolute atomic E-state index is 0.0115. The van der Waals surface area contributed by atoms with E-state index >= 15 is 0 Å². The van der Waals surface area contributed by atoms with Gasteiger partial charge in [-0.1, -0.05) is 68.8 Å². The van der Waals surface area contributed by atoms with Gasteiger partial charge in [-0.3, -0.25) is 14.4 Å². The SMILES string of the molecule is CCCN(CCC)C(=O)c1cccc(C=O)c1.CNC(C)C(N)CC(C)C(=O)NC1=CC=CC(F)C=C1.Cc1cccc(P)c1. The molecule has 2 aromatic carbocycles. The number of allylic oxidation sites excluding steroid dienone is 5. The number of alkyl halides is 1. The Morgan fingerprint density at radius 2 is 1.73 bits per heavy atom. The Labute approximate surface area is 271 Å². The van der Waals surface area contributed by atoms with Crippen LogP contribution in [-0.2, 0) is 4.79 Å². The smallest absolute Gasteiger partial charge is 0.253 e. The first-order chi connectivity index (χ1) is 21.4. The van der Waals surface area contributed by atoms with Crippen LogP contribution in [0.5, 0.6) is 0 Å². The molecule has 9 heteroatoms. The number of carbonyl (C=O) groups is 3. The third-order valence-electron chi connectivity index (χ3n) is 7.05. The van der Waals surface area contributed by atoms with Gasteiger partial charge < -0.3 is 21.3 Å². The zero-order chi connectivity index (χ0) is 33.8. The van der Waals surface area contributed by atoms with Gasteiger partial charge in [-0.25, -0.2) is 4.39 Å². The first-order valence-corrected chi connectivity index (χ1v) is 16.1. The monoisotopic (exact) mass is 638 g/mol. The summed E-state index contributed by atoms with van der Waals surface area (Å²) in [4.78, 5) is 36.8. The normalized spacial score (nSPS) is 15.5. The Hall–Kier alpha value is -3.45. The lowest BCUT2D eigenvalue weighted by molar-refractivity contribution is -0.124. The summed E-state index contributed by atoms with van der Waals surface area (Å²) in [6, 6.07) is 15.3. The maximum Gasteiger partial charge on any atom is 0.253 e. The fraction of sp³-hybridized carbons (Fsp3) is 0.417. The molecule has 1 aliphatic rings. The van der Waals surface area contributed by atoms with E-state index in [0.29, 0.717) is 23.2 Å². The number of amides is 2. The molecule has 3 rings (SSSR count). The minimum Gasteiger partial charge on any atom is -0.339 e. The summed E-state index contributed by atoms with van der Waals surface area (Å²) >= 11 is 0. The van der Waals surface area contributed by atoms with Gasteiger partial charge in [0, 0.05) is 47.9 Å². The Morgan fingerprint density at radius 1 is 1.07 bits per heavy atom. The average molecular weight is 639 g/mol. The molecule has 0 heterocycles. The summed E-state index contributed by atoms with van der Waals surface area (Å²) in [5.41, 5.74) is 9.06. The number of nitrogens with zero attached hydrogens (tertiary/aromatic N) is 1. The van der Waals surface area contributed by atoms with Crippen molar-refractivity contribution in [3.63, 3.8) is 0 Å². The van der Waals surface area contributed by atoms with Crippen LogP contribution in [0.1, 0.15) is 73.2 Å². The van der Waals surface area contributed by atoms with E-state index in [0.717, 1.165) is 32.2 Å².